The topological polar surface area (TPSA) is 68.2 Å². The van der Waals surface area contributed by atoms with E-state index >= 15 is 0 Å². The smallest absolute Gasteiger partial charge is 0.254 e. The van der Waals surface area contributed by atoms with Crippen LogP contribution >= 0.6 is 11.6 Å². The minimum absolute atomic E-state index is 0.170. The van der Waals surface area contributed by atoms with Gasteiger partial charge >= 0.3 is 0 Å². The number of rotatable bonds is 7. The highest BCUT2D eigenvalue weighted by molar-refractivity contribution is 6.30. The summed E-state index contributed by atoms with van der Waals surface area (Å²) in [4.78, 5) is 25.6. The van der Waals surface area contributed by atoms with E-state index < -0.39 is 0 Å². The van der Waals surface area contributed by atoms with E-state index in [4.69, 9.17) is 21.1 Å². The number of fused-ring (bicyclic) bond motifs is 5. The Kier molecular flexibility index (Phi) is 5.47. The van der Waals surface area contributed by atoms with Crippen LogP contribution in [0.2, 0.25) is 5.02 Å². The van der Waals surface area contributed by atoms with Crippen molar-refractivity contribution in [2.45, 2.75) is 20.0 Å². The summed E-state index contributed by atoms with van der Waals surface area (Å²) in [6.07, 6.45) is 6.57. The van der Waals surface area contributed by atoms with Crippen LogP contribution in [0.5, 0.6) is 11.5 Å². The van der Waals surface area contributed by atoms with Crippen LogP contribution in [0.4, 0.5) is 0 Å². The van der Waals surface area contributed by atoms with Crippen molar-refractivity contribution in [1.29, 1.82) is 0 Å². The fraction of sp³-hybridized carbons (Fsp3) is 0.320. The fourth-order valence-corrected chi connectivity index (χ4v) is 4.99. The fourth-order valence-electron chi connectivity index (χ4n) is 4.86. The molecule has 3 aliphatic rings. The number of allylic oxidation sites excluding steroid dienone is 2. The van der Waals surface area contributed by atoms with Crippen LogP contribution in [-0.2, 0) is 16.2 Å². The number of hydrogen-bond acceptors (Lipinski definition) is 5. The largest absolute Gasteiger partial charge is 0.490 e. The van der Waals surface area contributed by atoms with Crippen LogP contribution in [0, 0.1) is 23.7 Å². The average molecular weight is 451 g/mol. The average Bonchev–Trinajstić information content (AvgIpc) is 3.47. The summed E-state index contributed by atoms with van der Waals surface area (Å²) in [5.74, 6) is 0.622. The molecule has 32 heavy (non-hydrogen) atoms. The molecule has 0 aromatic heterocycles. The van der Waals surface area contributed by atoms with Crippen LogP contribution in [-0.4, -0.2) is 29.6 Å². The molecule has 1 saturated heterocycles. The van der Waals surface area contributed by atoms with Gasteiger partial charge in [0.05, 0.1) is 24.7 Å². The van der Waals surface area contributed by atoms with Gasteiger partial charge in [-0.1, -0.05) is 35.9 Å². The molecular formula is C25H23ClN2O4. The molecule has 6 nitrogen and oxygen atoms in total. The molecule has 0 N–H and O–H groups in total. The lowest BCUT2D eigenvalue weighted by Crippen LogP contribution is -2.28. The highest BCUT2D eigenvalue weighted by Crippen LogP contribution is 2.52. The summed E-state index contributed by atoms with van der Waals surface area (Å²) in [6.45, 7) is 2.74. The van der Waals surface area contributed by atoms with Crippen molar-refractivity contribution in [3.63, 3.8) is 0 Å². The molecule has 2 aromatic rings. The van der Waals surface area contributed by atoms with Crippen LogP contribution in [0.25, 0.3) is 0 Å². The number of carbonyl (C=O) groups excluding carboxylic acids is 2. The first-order valence-electron chi connectivity index (χ1n) is 10.8. The summed E-state index contributed by atoms with van der Waals surface area (Å²) >= 11 is 5.93. The molecule has 1 saturated carbocycles. The molecule has 0 spiro atoms. The van der Waals surface area contributed by atoms with Crippen molar-refractivity contribution in [1.82, 2.24) is 5.01 Å². The van der Waals surface area contributed by atoms with Gasteiger partial charge in [-0.3, -0.25) is 9.59 Å². The zero-order chi connectivity index (χ0) is 22.2. The van der Waals surface area contributed by atoms with Crippen LogP contribution in [0.3, 0.4) is 0 Å². The van der Waals surface area contributed by atoms with Crippen molar-refractivity contribution in [3.8, 4) is 11.5 Å². The van der Waals surface area contributed by atoms with Crippen LogP contribution < -0.4 is 9.47 Å². The summed E-state index contributed by atoms with van der Waals surface area (Å²) in [5, 5.41) is 5.96. The molecule has 2 aromatic carbocycles. The van der Waals surface area contributed by atoms with E-state index in [2.05, 4.69) is 17.3 Å². The Balaban J connectivity index is 1.30. The van der Waals surface area contributed by atoms with Gasteiger partial charge in [0, 0.05) is 5.02 Å². The summed E-state index contributed by atoms with van der Waals surface area (Å²) < 4.78 is 11.7. The van der Waals surface area contributed by atoms with Crippen molar-refractivity contribution < 1.29 is 19.1 Å². The molecule has 5 rings (SSSR count). The molecule has 2 fully saturated rings. The van der Waals surface area contributed by atoms with Gasteiger partial charge in [-0.25, -0.2) is 0 Å². The molecule has 0 radical (unpaired) electrons. The second-order valence-corrected chi connectivity index (χ2v) is 8.72. The molecule has 2 bridgehead atoms. The summed E-state index contributed by atoms with van der Waals surface area (Å²) in [7, 11) is 0. The molecule has 4 atom stereocenters. The van der Waals surface area contributed by atoms with Crippen LogP contribution in [0.1, 0.15) is 24.5 Å². The lowest BCUT2D eigenvalue weighted by Gasteiger charge is -2.13. The van der Waals surface area contributed by atoms with Gasteiger partial charge < -0.3 is 9.47 Å². The number of carbonyl (C=O) groups is 2. The Labute approximate surface area is 191 Å². The Hall–Kier alpha value is -3.12. The number of hydrogen-bond donors (Lipinski definition) is 0. The van der Waals surface area contributed by atoms with E-state index in [1.165, 1.54) is 6.21 Å². The molecule has 2 amide bonds. The molecule has 0 unspecified atom stereocenters. The minimum Gasteiger partial charge on any atom is -0.490 e. The molecular weight excluding hydrogens is 428 g/mol. The van der Waals surface area contributed by atoms with E-state index in [0.29, 0.717) is 35.3 Å². The van der Waals surface area contributed by atoms with Gasteiger partial charge in [0.15, 0.2) is 11.5 Å². The second-order valence-electron chi connectivity index (χ2n) is 8.29. The highest BCUT2D eigenvalue weighted by Gasteiger charge is 2.59. The maximum Gasteiger partial charge on any atom is 0.254 e. The Morgan fingerprint density at radius 1 is 1.00 bits per heavy atom. The second kappa shape index (κ2) is 8.43. The van der Waals surface area contributed by atoms with E-state index in [1.54, 1.807) is 12.1 Å². The van der Waals surface area contributed by atoms with Gasteiger partial charge in [-0.05, 0) is 66.6 Å². The zero-order valence-electron chi connectivity index (χ0n) is 17.6. The number of hydrazone groups is 1. The van der Waals surface area contributed by atoms with Crippen LogP contribution in [0.15, 0.2) is 59.7 Å². The normalized spacial score (nSPS) is 25.8. The van der Waals surface area contributed by atoms with Crippen molar-refractivity contribution in [2.24, 2.45) is 28.8 Å². The third kappa shape index (κ3) is 3.69. The number of nitrogens with zero attached hydrogens (tertiary/aromatic N) is 2. The molecule has 7 heteroatoms. The Morgan fingerprint density at radius 3 is 2.34 bits per heavy atom. The van der Waals surface area contributed by atoms with Gasteiger partial charge in [-0.2, -0.15) is 10.1 Å². The number of amides is 2. The van der Waals surface area contributed by atoms with E-state index in [0.717, 1.165) is 17.0 Å². The van der Waals surface area contributed by atoms with Crippen molar-refractivity contribution in [2.75, 3.05) is 6.61 Å². The number of halogens is 1. The van der Waals surface area contributed by atoms with E-state index in [9.17, 15) is 9.59 Å². The monoisotopic (exact) mass is 450 g/mol. The maximum absolute atomic E-state index is 12.8. The zero-order valence-corrected chi connectivity index (χ0v) is 18.4. The molecule has 1 aliphatic heterocycles. The van der Waals surface area contributed by atoms with Gasteiger partial charge in [0.25, 0.3) is 11.8 Å². The van der Waals surface area contributed by atoms with Crippen molar-refractivity contribution >= 4 is 29.6 Å². The molecule has 1 heterocycles. The Morgan fingerprint density at radius 2 is 1.69 bits per heavy atom. The minimum atomic E-state index is -0.253. The third-order valence-electron chi connectivity index (χ3n) is 6.34. The number of benzene rings is 2. The first-order valence-corrected chi connectivity index (χ1v) is 11.2. The standard InChI is InChI=1S/C25H23ClN2O4/c1-2-31-21-11-16(5-10-20(21)32-14-15-3-8-19(26)9-4-15)13-27-28-24(29)22-17-6-7-18(12-17)23(22)25(28)30/h3-11,13,17-18,22-23H,2,12,14H2,1H3/b27-13-/t17-,18-,22-,23+/m0/s1. The third-order valence-corrected chi connectivity index (χ3v) is 6.60. The Bertz CT molecular complexity index is 1080. The molecule has 2 aliphatic carbocycles. The summed E-state index contributed by atoms with van der Waals surface area (Å²) in [6, 6.07) is 12.9. The maximum atomic E-state index is 12.8. The van der Waals surface area contributed by atoms with Gasteiger partial charge in [0.1, 0.15) is 6.61 Å². The predicted octanol–water partition coefficient (Wildman–Crippen LogP) is 4.46. The SMILES string of the molecule is CCOc1cc(/C=N\N2C(=O)[C@@H]3[C@H](C2=O)[C@H]2C=C[C@H]3C2)ccc1OCc1ccc(Cl)cc1. The lowest BCUT2D eigenvalue weighted by atomic mass is 9.85. The van der Waals surface area contributed by atoms with Gasteiger partial charge in [-0.15, -0.1) is 0 Å². The molecule has 164 valence electrons. The first-order chi connectivity index (χ1) is 15.5. The highest BCUT2D eigenvalue weighted by atomic mass is 35.5. The predicted molar refractivity (Wildman–Crippen MR) is 121 cm³/mol. The number of ether oxygens (including phenoxy) is 2. The van der Waals surface area contributed by atoms with Crippen molar-refractivity contribution in [3.05, 3.63) is 70.8 Å². The van der Waals surface area contributed by atoms with E-state index in [1.807, 2.05) is 37.3 Å². The first kappa shape index (κ1) is 20.8. The van der Waals surface area contributed by atoms with Gasteiger partial charge in [0.2, 0.25) is 0 Å². The number of imide groups is 1. The van der Waals surface area contributed by atoms with E-state index in [-0.39, 0.29) is 35.5 Å². The quantitative estimate of drug-likeness (QED) is 0.355. The lowest BCUT2D eigenvalue weighted by molar-refractivity contribution is -0.140. The summed E-state index contributed by atoms with van der Waals surface area (Å²) in [5.41, 5.74) is 1.70.